The zero-order valence-corrected chi connectivity index (χ0v) is 15.0. The third-order valence-electron chi connectivity index (χ3n) is 4.41. The van der Waals surface area contributed by atoms with Gasteiger partial charge in [0, 0.05) is 30.8 Å². The monoisotopic (exact) mass is 348 g/mol. The quantitative estimate of drug-likeness (QED) is 0.440. The number of aryl methyl sites for hydroxylation is 1. The number of halogens is 1. The molecule has 3 nitrogen and oxygen atoms in total. The van der Waals surface area contributed by atoms with E-state index in [1.807, 2.05) is 38.2 Å². The summed E-state index contributed by atoms with van der Waals surface area (Å²) in [5.74, 6) is 0. The van der Waals surface area contributed by atoms with Crippen LogP contribution in [-0.4, -0.2) is 12.0 Å². The van der Waals surface area contributed by atoms with Gasteiger partial charge in [-0.15, -0.1) is 4.57 Å². The fourth-order valence-corrected chi connectivity index (χ4v) is 3.35. The number of aromatic nitrogens is 2. The summed E-state index contributed by atoms with van der Waals surface area (Å²) in [6.07, 6.45) is 0. The first-order valence-corrected chi connectivity index (χ1v) is 8.70. The van der Waals surface area contributed by atoms with Crippen molar-refractivity contribution in [3.63, 3.8) is 0 Å². The van der Waals surface area contributed by atoms with Gasteiger partial charge in [0.1, 0.15) is 11.0 Å². The van der Waals surface area contributed by atoms with E-state index in [0.717, 1.165) is 44.9 Å². The smallest absolute Gasteiger partial charge is 0.239 e. The predicted octanol–water partition coefficient (Wildman–Crippen LogP) is 4.35. The van der Waals surface area contributed by atoms with Gasteiger partial charge in [0.25, 0.3) is 0 Å². The fraction of sp³-hybridized carbons (Fsp3) is 0.143. The molecule has 0 amide bonds. The molecule has 4 heteroatoms. The van der Waals surface area contributed by atoms with Crippen molar-refractivity contribution in [3.8, 4) is 5.69 Å². The summed E-state index contributed by atoms with van der Waals surface area (Å²) >= 11 is 6.43. The number of hydrogen-bond donors (Lipinski definition) is 1. The SMILES string of the molecule is CNCc1ccc2nc3cc(C)c(Cl)cc3[n+](-c3ccccc3)c2c1. The van der Waals surface area contributed by atoms with E-state index in [1.54, 1.807) is 0 Å². The van der Waals surface area contributed by atoms with E-state index in [4.69, 9.17) is 16.6 Å². The van der Waals surface area contributed by atoms with Crippen molar-refractivity contribution in [2.24, 2.45) is 0 Å². The molecule has 1 heterocycles. The molecular weight excluding hydrogens is 330 g/mol. The van der Waals surface area contributed by atoms with Gasteiger partial charge in [0.15, 0.2) is 0 Å². The number of nitrogens with one attached hydrogen (secondary N) is 1. The summed E-state index contributed by atoms with van der Waals surface area (Å²) in [6, 6.07) is 20.8. The number of hydrogen-bond acceptors (Lipinski definition) is 2. The molecule has 0 saturated heterocycles. The third kappa shape index (κ3) is 2.86. The maximum absolute atomic E-state index is 6.43. The molecule has 0 saturated carbocycles. The molecule has 0 aliphatic carbocycles. The molecule has 0 fully saturated rings. The molecule has 0 aliphatic heterocycles. The van der Waals surface area contributed by atoms with Crippen LogP contribution >= 0.6 is 11.6 Å². The molecule has 1 aromatic heterocycles. The highest BCUT2D eigenvalue weighted by atomic mass is 35.5. The van der Waals surface area contributed by atoms with E-state index >= 15 is 0 Å². The van der Waals surface area contributed by atoms with E-state index in [2.05, 4.69) is 46.3 Å². The summed E-state index contributed by atoms with van der Waals surface area (Å²) in [6.45, 7) is 2.83. The lowest BCUT2D eigenvalue weighted by atomic mass is 10.1. The molecule has 1 N–H and O–H groups in total. The molecule has 0 radical (unpaired) electrons. The van der Waals surface area contributed by atoms with Gasteiger partial charge in [-0.3, -0.25) is 0 Å². The second kappa shape index (κ2) is 6.43. The normalized spacial score (nSPS) is 11.3. The molecule has 0 bridgehead atoms. The van der Waals surface area contributed by atoms with Crippen LogP contribution in [0.1, 0.15) is 11.1 Å². The molecule has 0 atom stereocenters. The van der Waals surface area contributed by atoms with Crippen molar-refractivity contribution in [1.82, 2.24) is 10.3 Å². The Kier molecular flexibility index (Phi) is 4.12. The van der Waals surface area contributed by atoms with E-state index in [9.17, 15) is 0 Å². The van der Waals surface area contributed by atoms with Crippen LogP contribution in [0.15, 0.2) is 60.7 Å². The zero-order chi connectivity index (χ0) is 17.4. The Hall–Kier alpha value is -2.49. The van der Waals surface area contributed by atoms with Crippen LogP contribution in [-0.2, 0) is 6.54 Å². The zero-order valence-electron chi connectivity index (χ0n) is 14.3. The largest absolute Gasteiger partial charge is 0.316 e. The number of nitrogens with zero attached hydrogens (tertiary/aromatic N) is 2. The first-order valence-electron chi connectivity index (χ1n) is 8.32. The minimum absolute atomic E-state index is 0.754. The molecule has 124 valence electrons. The maximum atomic E-state index is 6.43. The van der Waals surface area contributed by atoms with Gasteiger partial charge in [-0.25, -0.2) is 4.98 Å². The Labute approximate surface area is 151 Å². The van der Waals surface area contributed by atoms with Crippen LogP contribution in [0, 0.1) is 6.92 Å². The standard InChI is InChI=1S/C21H19ClN3/c1-14-10-19-21(12-17(14)22)25(16-6-4-3-5-7-16)20-11-15(13-23-2)8-9-18(20)24-19/h3-12,23H,13H2,1-2H3/q+1. The highest BCUT2D eigenvalue weighted by molar-refractivity contribution is 6.32. The average Bonchev–Trinajstić information content (AvgIpc) is 2.62. The summed E-state index contributed by atoms with van der Waals surface area (Å²) in [7, 11) is 1.95. The average molecular weight is 349 g/mol. The van der Waals surface area contributed by atoms with Gasteiger partial charge >= 0.3 is 0 Å². The van der Waals surface area contributed by atoms with Gasteiger partial charge in [0.2, 0.25) is 16.7 Å². The molecule has 0 spiro atoms. The van der Waals surface area contributed by atoms with Gasteiger partial charge in [0.05, 0.1) is 5.02 Å². The Bertz CT molecular complexity index is 1070. The van der Waals surface area contributed by atoms with Gasteiger partial charge < -0.3 is 5.32 Å². The van der Waals surface area contributed by atoms with E-state index < -0.39 is 0 Å². The van der Waals surface area contributed by atoms with Crippen molar-refractivity contribution in [3.05, 3.63) is 76.8 Å². The minimum Gasteiger partial charge on any atom is -0.316 e. The number of para-hydroxylation sites is 1. The van der Waals surface area contributed by atoms with Crippen LogP contribution in [0.3, 0.4) is 0 Å². The lowest BCUT2D eigenvalue weighted by Gasteiger charge is -2.08. The summed E-state index contributed by atoms with van der Waals surface area (Å²) in [5, 5.41) is 3.97. The molecule has 0 aliphatic rings. The van der Waals surface area contributed by atoms with Crippen LogP contribution in [0.4, 0.5) is 0 Å². The molecule has 25 heavy (non-hydrogen) atoms. The first kappa shape index (κ1) is 16.0. The Morgan fingerprint density at radius 2 is 1.72 bits per heavy atom. The predicted molar refractivity (Wildman–Crippen MR) is 103 cm³/mol. The van der Waals surface area contributed by atoms with Crippen LogP contribution in [0.25, 0.3) is 27.8 Å². The molecule has 4 rings (SSSR count). The molecule has 3 aromatic carbocycles. The van der Waals surface area contributed by atoms with E-state index in [1.165, 1.54) is 5.56 Å². The topological polar surface area (TPSA) is 28.8 Å². The second-order valence-corrected chi connectivity index (χ2v) is 6.63. The van der Waals surface area contributed by atoms with Crippen molar-refractivity contribution < 1.29 is 4.57 Å². The number of fused-ring (bicyclic) bond motifs is 2. The van der Waals surface area contributed by atoms with Crippen molar-refractivity contribution >= 4 is 33.7 Å². The van der Waals surface area contributed by atoms with Crippen LogP contribution in [0.2, 0.25) is 5.02 Å². The minimum atomic E-state index is 0.754. The van der Waals surface area contributed by atoms with Crippen molar-refractivity contribution in [1.29, 1.82) is 0 Å². The lowest BCUT2D eigenvalue weighted by Crippen LogP contribution is -2.33. The lowest BCUT2D eigenvalue weighted by molar-refractivity contribution is -0.538. The Morgan fingerprint density at radius 1 is 0.960 bits per heavy atom. The summed E-state index contributed by atoms with van der Waals surface area (Å²) in [4.78, 5) is 4.87. The molecular formula is C21H19ClN3+. The fourth-order valence-electron chi connectivity index (χ4n) is 3.20. The van der Waals surface area contributed by atoms with Gasteiger partial charge in [-0.2, -0.15) is 0 Å². The highest BCUT2D eigenvalue weighted by Gasteiger charge is 2.20. The summed E-state index contributed by atoms with van der Waals surface area (Å²) in [5.41, 5.74) is 7.35. The van der Waals surface area contributed by atoms with E-state index in [0.29, 0.717) is 0 Å². The number of benzene rings is 3. The summed E-state index contributed by atoms with van der Waals surface area (Å²) < 4.78 is 2.24. The van der Waals surface area contributed by atoms with Crippen molar-refractivity contribution in [2.45, 2.75) is 13.5 Å². The van der Waals surface area contributed by atoms with Gasteiger partial charge in [-0.05, 0) is 37.2 Å². The van der Waals surface area contributed by atoms with Crippen molar-refractivity contribution in [2.75, 3.05) is 7.05 Å². The van der Waals surface area contributed by atoms with Crippen LogP contribution in [0.5, 0.6) is 0 Å². The van der Waals surface area contributed by atoms with Gasteiger partial charge in [-0.1, -0.05) is 35.9 Å². The molecule has 0 unspecified atom stereocenters. The second-order valence-electron chi connectivity index (χ2n) is 6.23. The Balaban J connectivity index is 2.16. The highest BCUT2D eigenvalue weighted by Crippen LogP contribution is 2.24. The molecule has 4 aromatic rings. The maximum Gasteiger partial charge on any atom is 0.239 e. The Morgan fingerprint density at radius 3 is 2.48 bits per heavy atom. The number of rotatable bonds is 3. The first-order chi connectivity index (χ1) is 12.2. The van der Waals surface area contributed by atoms with E-state index in [-0.39, 0.29) is 0 Å². The third-order valence-corrected chi connectivity index (χ3v) is 4.82. The van der Waals surface area contributed by atoms with Crippen LogP contribution < -0.4 is 9.88 Å².